The van der Waals surface area contributed by atoms with Crippen LogP contribution in [0.3, 0.4) is 0 Å². The second-order valence-corrected chi connectivity index (χ2v) is 7.05. The summed E-state index contributed by atoms with van der Waals surface area (Å²) in [4.78, 5) is 15.9. The van der Waals surface area contributed by atoms with Crippen molar-refractivity contribution in [1.82, 2.24) is 14.8 Å². The third-order valence-corrected chi connectivity index (χ3v) is 5.17. The van der Waals surface area contributed by atoms with Crippen molar-refractivity contribution in [3.05, 3.63) is 83.1 Å². The van der Waals surface area contributed by atoms with Crippen LogP contribution in [0.25, 0.3) is 22.6 Å². The summed E-state index contributed by atoms with van der Waals surface area (Å²) < 4.78 is 20.9. The first-order valence-electron chi connectivity index (χ1n) is 9.32. The molecule has 2 heterocycles. The van der Waals surface area contributed by atoms with Gasteiger partial charge in [0.15, 0.2) is 5.75 Å². The van der Waals surface area contributed by atoms with Crippen LogP contribution in [0, 0.1) is 5.82 Å². The van der Waals surface area contributed by atoms with Gasteiger partial charge in [-0.25, -0.2) is 9.18 Å². The van der Waals surface area contributed by atoms with Crippen molar-refractivity contribution in [3.8, 4) is 11.5 Å². The Morgan fingerprint density at radius 2 is 1.97 bits per heavy atom. The van der Waals surface area contributed by atoms with Gasteiger partial charge < -0.3 is 9.84 Å². The first-order valence-corrected chi connectivity index (χ1v) is 9.32. The molecule has 148 valence electrons. The quantitative estimate of drug-likeness (QED) is 0.537. The number of benzene rings is 2. The minimum atomic E-state index is -0.968. The number of fused-ring (bicyclic) bond motifs is 2. The van der Waals surface area contributed by atoms with Gasteiger partial charge in [-0.2, -0.15) is 5.10 Å². The Balaban J connectivity index is 1.57. The molecule has 5 rings (SSSR count). The average Bonchev–Trinajstić information content (AvgIpc) is 3.31. The minimum Gasteiger partial charge on any atom is -0.478 e. The van der Waals surface area contributed by atoms with Gasteiger partial charge in [0.25, 0.3) is 0 Å². The number of ether oxygens (including phenoxy) is 1. The second-order valence-electron chi connectivity index (χ2n) is 7.05. The number of carboxylic acids is 1. The standard InChI is InChI=1S/C23H16FN3O3/c1-27-22-17(3-2-4-20(22)30-15-7-5-14(24)6-8-15)21(26-27)13-11-18-16(23(28)29)9-10-25-19(18)12-13/h2-10,12H,11H2,1H3,(H,28,29). The Morgan fingerprint density at radius 1 is 1.17 bits per heavy atom. The highest BCUT2D eigenvalue weighted by atomic mass is 19.1. The van der Waals surface area contributed by atoms with Crippen molar-refractivity contribution in [3.63, 3.8) is 0 Å². The molecule has 4 aromatic rings. The molecule has 0 saturated heterocycles. The number of pyridine rings is 1. The maximum absolute atomic E-state index is 13.2. The van der Waals surface area contributed by atoms with Gasteiger partial charge >= 0.3 is 5.97 Å². The third kappa shape index (κ3) is 2.91. The maximum atomic E-state index is 13.2. The van der Waals surface area contributed by atoms with Gasteiger partial charge in [0.1, 0.15) is 17.1 Å². The monoisotopic (exact) mass is 401 g/mol. The Hall–Kier alpha value is -4.00. The zero-order valence-electron chi connectivity index (χ0n) is 16.0. The molecule has 0 atom stereocenters. The van der Waals surface area contributed by atoms with Gasteiger partial charge in [0.05, 0.1) is 17.0 Å². The number of aromatic carboxylic acids is 1. The molecule has 30 heavy (non-hydrogen) atoms. The van der Waals surface area contributed by atoms with Crippen molar-refractivity contribution in [2.75, 3.05) is 0 Å². The molecule has 0 radical (unpaired) electrons. The number of aryl methyl sites for hydroxylation is 1. The number of carboxylic acid groups (broad SMARTS) is 1. The van der Waals surface area contributed by atoms with Crippen LogP contribution in [0.1, 0.15) is 27.3 Å². The van der Waals surface area contributed by atoms with E-state index in [-0.39, 0.29) is 11.4 Å². The summed E-state index contributed by atoms with van der Waals surface area (Å²) >= 11 is 0. The third-order valence-electron chi connectivity index (χ3n) is 5.17. The molecule has 6 nitrogen and oxygen atoms in total. The molecule has 0 fully saturated rings. The van der Waals surface area contributed by atoms with Crippen LogP contribution in [-0.4, -0.2) is 25.8 Å². The fraction of sp³-hybridized carbons (Fsp3) is 0.0870. The molecule has 0 spiro atoms. The fourth-order valence-electron chi connectivity index (χ4n) is 3.83. The van der Waals surface area contributed by atoms with Gasteiger partial charge in [-0.05, 0) is 53.6 Å². The van der Waals surface area contributed by atoms with E-state index in [1.807, 2.05) is 31.3 Å². The van der Waals surface area contributed by atoms with E-state index in [2.05, 4.69) is 10.1 Å². The molecule has 2 aromatic heterocycles. The van der Waals surface area contributed by atoms with Crippen molar-refractivity contribution in [2.45, 2.75) is 6.42 Å². The van der Waals surface area contributed by atoms with Gasteiger partial charge in [-0.1, -0.05) is 12.1 Å². The second kappa shape index (κ2) is 6.81. The summed E-state index contributed by atoms with van der Waals surface area (Å²) in [6.45, 7) is 0. The van der Waals surface area contributed by atoms with Crippen LogP contribution in [-0.2, 0) is 13.5 Å². The zero-order chi connectivity index (χ0) is 20.8. The van der Waals surface area contributed by atoms with E-state index in [4.69, 9.17) is 4.74 Å². The normalized spacial score (nSPS) is 12.7. The van der Waals surface area contributed by atoms with E-state index in [0.29, 0.717) is 29.2 Å². The molecular weight excluding hydrogens is 385 g/mol. The van der Waals surface area contributed by atoms with E-state index in [9.17, 15) is 14.3 Å². The zero-order valence-corrected chi connectivity index (χ0v) is 16.0. The number of aromatic nitrogens is 3. The lowest BCUT2D eigenvalue weighted by Gasteiger charge is -2.08. The number of nitrogens with zero attached hydrogens (tertiary/aromatic N) is 3. The topological polar surface area (TPSA) is 77.2 Å². The molecule has 1 N–H and O–H groups in total. The molecule has 0 unspecified atom stereocenters. The lowest BCUT2D eigenvalue weighted by atomic mass is 10.0. The van der Waals surface area contributed by atoms with E-state index >= 15 is 0 Å². The highest BCUT2D eigenvalue weighted by Crippen LogP contribution is 2.38. The van der Waals surface area contributed by atoms with Crippen LogP contribution >= 0.6 is 0 Å². The van der Waals surface area contributed by atoms with E-state index < -0.39 is 5.97 Å². The number of para-hydroxylation sites is 1. The number of carbonyl (C=O) groups is 1. The van der Waals surface area contributed by atoms with E-state index in [1.165, 1.54) is 24.4 Å². The molecule has 2 aromatic carbocycles. The highest BCUT2D eigenvalue weighted by molar-refractivity contribution is 6.01. The molecule has 1 aliphatic rings. The molecule has 7 heteroatoms. The Bertz CT molecular complexity index is 1340. The van der Waals surface area contributed by atoms with Crippen molar-refractivity contribution in [2.24, 2.45) is 7.05 Å². The number of hydrogen-bond acceptors (Lipinski definition) is 4. The average molecular weight is 401 g/mol. The Morgan fingerprint density at radius 3 is 2.73 bits per heavy atom. The molecular formula is C23H16FN3O3. The van der Waals surface area contributed by atoms with Crippen molar-refractivity contribution >= 4 is 28.5 Å². The molecule has 0 bridgehead atoms. The highest BCUT2D eigenvalue weighted by Gasteiger charge is 2.25. The molecule has 0 amide bonds. The predicted octanol–water partition coefficient (Wildman–Crippen LogP) is 4.69. The minimum absolute atomic E-state index is 0.256. The Labute approximate surface area is 170 Å². The first-order chi connectivity index (χ1) is 14.5. The number of rotatable bonds is 4. The molecule has 0 aliphatic heterocycles. The van der Waals surface area contributed by atoms with E-state index in [0.717, 1.165) is 22.2 Å². The maximum Gasteiger partial charge on any atom is 0.336 e. The van der Waals surface area contributed by atoms with Crippen LogP contribution in [0.15, 0.2) is 54.7 Å². The number of allylic oxidation sites excluding steroid dienone is 1. The van der Waals surface area contributed by atoms with E-state index in [1.54, 1.807) is 16.8 Å². The van der Waals surface area contributed by atoms with Gasteiger partial charge in [0, 0.05) is 25.1 Å². The van der Waals surface area contributed by atoms with Crippen LogP contribution in [0.5, 0.6) is 11.5 Å². The van der Waals surface area contributed by atoms with Crippen LogP contribution < -0.4 is 4.74 Å². The Kier molecular flexibility index (Phi) is 4.10. The summed E-state index contributed by atoms with van der Waals surface area (Å²) in [5.74, 6) is -0.176. The number of halogens is 1. The first kappa shape index (κ1) is 18.1. The number of hydrogen-bond donors (Lipinski definition) is 1. The summed E-state index contributed by atoms with van der Waals surface area (Å²) in [6.07, 6.45) is 3.84. The van der Waals surface area contributed by atoms with Gasteiger partial charge in [-0.3, -0.25) is 9.67 Å². The van der Waals surface area contributed by atoms with Gasteiger partial charge in [0.2, 0.25) is 0 Å². The summed E-state index contributed by atoms with van der Waals surface area (Å²) in [5.41, 5.74) is 4.05. The smallest absolute Gasteiger partial charge is 0.336 e. The van der Waals surface area contributed by atoms with Crippen molar-refractivity contribution < 1.29 is 19.0 Å². The SMILES string of the molecule is Cn1nc(C2=Cc3nccc(C(=O)O)c3C2)c2cccc(Oc3ccc(F)cc3)c21. The molecule has 1 aliphatic carbocycles. The summed E-state index contributed by atoms with van der Waals surface area (Å²) in [7, 11) is 1.83. The predicted molar refractivity (Wildman–Crippen MR) is 110 cm³/mol. The lowest BCUT2D eigenvalue weighted by molar-refractivity contribution is 0.0695. The molecule has 0 saturated carbocycles. The largest absolute Gasteiger partial charge is 0.478 e. The van der Waals surface area contributed by atoms with Crippen LogP contribution in [0.2, 0.25) is 0 Å². The summed E-state index contributed by atoms with van der Waals surface area (Å²) in [6, 6.07) is 13.0. The van der Waals surface area contributed by atoms with Crippen LogP contribution in [0.4, 0.5) is 4.39 Å². The summed E-state index contributed by atoms with van der Waals surface area (Å²) in [5, 5.41) is 15.0. The van der Waals surface area contributed by atoms with Gasteiger partial charge in [-0.15, -0.1) is 0 Å². The van der Waals surface area contributed by atoms with Crippen molar-refractivity contribution in [1.29, 1.82) is 0 Å². The lowest BCUT2D eigenvalue weighted by Crippen LogP contribution is -2.03. The fourth-order valence-corrected chi connectivity index (χ4v) is 3.83.